The van der Waals surface area contributed by atoms with Crippen molar-refractivity contribution < 1.29 is 14.1 Å². The number of hydrogen-bond donors (Lipinski definition) is 1. The van der Waals surface area contributed by atoms with E-state index in [4.69, 9.17) is 9.26 Å². The number of nitrogens with one attached hydrogen (secondary N) is 1. The molecule has 4 rings (SSSR count). The van der Waals surface area contributed by atoms with Crippen molar-refractivity contribution in [3.05, 3.63) is 76.1 Å². The number of nitrogens with zero attached hydrogens (tertiary/aromatic N) is 3. The molecule has 0 spiro atoms. The third-order valence-electron chi connectivity index (χ3n) is 4.29. The molecule has 0 unspecified atom stereocenters. The number of aromatic nitrogens is 3. The number of rotatable bonds is 7. The number of anilines is 1. The number of para-hydroxylation sites is 1. The minimum absolute atomic E-state index is 0.167. The second-order valence-corrected chi connectivity index (χ2v) is 7.68. The predicted octanol–water partition coefficient (Wildman–Crippen LogP) is 4.57. The molecule has 2 heterocycles. The van der Waals surface area contributed by atoms with Crippen molar-refractivity contribution in [3.8, 4) is 17.1 Å². The maximum atomic E-state index is 12.5. The van der Waals surface area contributed by atoms with Gasteiger partial charge in [-0.1, -0.05) is 35.0 Å². The van der Waals surface area contributed by atoms with Gasteiger partial charge in [0.1, 0.15) is 17.4 Å². The molecule has 0 aliphatic heterocycles. The summed E-state index contributed by atoms with van der Waals surface area (Å²) in [6.07, 6.45) is 0.167. The third-order valence-corrected chi connectivity index (χ3v) is 5.17. The van der Waals surface area contributed by atoms with Gasteiger partial charge in [0.15, 0.2) is 0 Å². The molecule has 2 aromatic carbocycles. The molecular formula is C22H20N4O3S. The Morgan fingerprint density at radius 1 is 1.10 bits per heavy atom. The molecule has 2 aromatic heterocycles. The van der Waals surface area contributed by atoms with Crippen molar-refractivity contribution in [2.75, 3.05) is 5.32 Å². The van der Waals surface area contributed by atoms with E-state index in [0.717, 1.165) is 10.8 Å². The average Bonchev–Trinajstić information content (AvgIpc) is 3.37. The molecule has 7 nitrogen and oxygen atoms in total. The first kappa shape index (κ1) is 19.8. The van der Waals surface area contributed by atoms with Crippen molar-refractivity contribution in [1.82, 2.24) is 15.1 Å². The van der Waals surface area contributed by atoms with Gasteiger partial charge >= 0.3 is 0 Å². The van der Waals surface area contributed by atoms with Crippen molar-refractivity contribution in [2.45, 2.75) is 26.9 Å². The molecule has 4 aromatic rings. The molecule has 0 saturated carbocycles. The first-order valence-corrected chi connectivity index (χ1v) is 10.3. The van der Waals surface area contributed by atoms with Crippen LogP contribution in [-0.2, 0) is 17.8 Å². The van der Waals surface area contributed by atoms with Gasteiger partial charge in [-0.3, -0.25) is 4.79 Å². The number of carbonyl (C=O) groups is 1. The Balaban J connectivity index is 1.37. The third kappa shape index (κ3) is 4.90. The number of hydrogen-bond acceptors (Lipinski definition) is 7. The fourth-order valence-corrected chi connectivity index (χ4v) is 3.54. The SMILES string of the molecule is Cc1ccc(OCc2nc(CC(=O)Nc3ccccc3-c3noc(C)n3)cs2)cc1. The normalized spacial score (nSPS) is 10.7. The summed E-state index contributed by atoms with van der Waals surface area (Å²) in [5.74, 6) is 1.53. The molecule has 30 heavy (non-hydrogen) atoms. The molecule has 0 atom stereocenters. The van der Waals surface area contributed by atoms with Crippen LogP contribution in [-0.4, -0.2) is 21.0 Å². The van der Waals surface area contributed by atoms with Gasteiger partial charge in [-0.25, -0.2) is 4.98 Å². The van der Waals surface area contributed by atoms with E-state index in [1.54, 1.807) is 13.0 Å². The minimum Gasteiger partial charge on any atom is -0.486 e. The summed E-state index contributed by atoms with van der Waals surface area (Å²) in [4.78, 5) is 21.3. The van der Waals surface area contributed by atoms with E-state index >= 15 is 0 Å². The molecule has 0 aliphatic rings. The summed E-state index contributed by atoms with van der Waals surface area (Å²) in [5.41, 5.74) is 3.21. The second-order valence-electron chi connectivity index (χ2n) is 6.74. The monoisotopic (exact) mass is 420 g/mol. The predicted molar refractivity (Wildman–Crippen MR) is 114 cm³/mol. The van der Waals surface area contributed by atoms with Gasteiger partial charge in [0.2, 0.25) is 17.6 Å². The molecule has 0 fully saturated rings. The molecule has 0 radical (unpaired) electrons. The van der Waals surface area contributed by atoms with E-state index in [-0.39, 0.29) is 12.3 Å². The van der Waals surface area contributed by atoms with Crippen LogP contribution in [0.3, 0.4) is 0 Å². The number of aryl methyl sites for hydroxylation is 2. The van der Waals surface area contributed by atoms with Crippen LogP contribution in [0, 0.1) is 13.8 Å². The summed E-state index contributed by atoms with van der Waals surface area (Å²) in [6.45, 7) is 4.12. The highest BCUT2D eigenvalue weighted by atomic mass is 32.1. The lowest BCUT2D eigenvalue weighted by Gasteiger charge is -2.08. The Kier molecular flexibility index (Phi) is 5.85. The van der Waals surface area contributed by atoms with Gasteiger partial charge in [-0.05, 0) is 31.2 Å². The lowest BCUT2D eigenvalue weighted by Crippen LogP contribution is -2.15. The summed E-state index contributed by atoms with van der Waals surface area (Å²) < 4.78 is 10.8. The van der Waals surface area contributed by atoms with Crippen LogP contribution < -0.4 is 10.1 Å². The van der Waals surface area contributed by atoms with E-state index in [0.29, 0.717) is 35.3 Å². The highest BCUT2D eigenvalue weighted by molar-refractivity contribution is 7.09. The van der Waals surface area contributed by atoms with Crippen molar-refractivity contribution >= 4 is 22.9 Å². The molecule has 1 N–H and O–H groups in total. The molecule has 0 bridgehead atoms. The summed E-state index contributed by atoms with van der Waals surface area (Å²) >= 11 is 1.47. The Hall–Kier alpha value is -3.52. The van der Waals surface area contributed by atoms with Gasteiger partial charge in [-0.15, -0.1) is 11.3 Å². The van der Waals surface area contributed by atoms with E-state index < -0.39 is 0 Å². The zero-order valence-corrected chi connectivity index (χ0v) is 17.4. The lowest BCUT2D eigenvalue weighted by molar-refractivity contribution is -0.115. The van der Waals surface area contributed by atoms with Crippen LogP contribution in [0.2, 0.25) is 0 Å². The fourth-order valence-electron chi connectivity index (χ4n) is 2.83. The zero-order valence-electron chi connectivity index (χ0n) is 16.6. The smallest absolute Gasteiger partial charge is 0.230 e. The molecule has 152 valence electrons. The summed E-state index contributed by atoms with van der Waals surface area (Å²) in [7, 11) is 0. The quantitative estimate of drug-likeness (QED) is 0.471. The average molecular weight is 420 g/mol. The maximum Gasteiger partial charge on any atom is 0.230 e. The second kappa shape index (κ2) is 8.87. The standard InChI is InChI=1S/C22H20N4O3S/c1-14-7-9-17(10-8-14)28-12-21-24-16(13-30-21)11-20(27)25-19-6-4-3-5-18(19)22-23-15(2)29-26-22/h3-10,13H,11-12H2,1-2H3,(H,25,27). The van der Waals surface area contributed by atoms with Gasteiger partial charge in [0.05, 0.1) is 17.8 Å². The Labute approximate surface area is 177 Å². The van der Waals surface area contributed by atoms with Gasteiger partial charge in [0, 0.05) is 17.9 Å². The van der Waals surface area contributed by atoms with Crippen LogP contribution in [0.4, 0.5) is 5.69 Å². The number of amides is 1. The summed E-state index contributed by atoms with van der Waals surface area (Å²) in [5, 5.41) is 9.54. The molecule has 8 heteroatoms. The number of carbonyl (C=O) groups excluding carboxylic acids is 1. The molecule has 0 aliphatic carbocycles. The van der Waals surface area contributed by atoms with Gasteiger partial charge in [0.25, 0.3) is 0 Å². The van der Waals surface area contributed by atoms with Crippen molar-refractivity contribution in [1.29, 1.82) is 0 Å². The Morgan fingerprint density at radius 2 is 1.90 bits per heavy atom. The van der Waals surface area contributed by atoms with Crippen LogP contribution in [0.25, 0.3) is 11.4 Å². The Bertz CT molecular complexity index is 1150. The first-order chi connectivity index (χ1) is 14.6. The lowest BCUT2D eigenvalue weighted by atomic mass is 10.1. The fraction of sp³-hybridized carbons (Fsp3) is 0.182. The highest BCUT2D eigenvalue weighted by Crippen LogP contribution is 2.25. The largest absolute Gasteiger partial charge is 0.486 e. The van der Waals surface area contributed by atoms with E-state index in [9.17, 15) is 4.79 Å². The van der Waals surface area contributed by atoms with Crippen molar-refractivity contribution in [3.63, 3.8) is 0 Å². The molecule has 0 saturated heterocycles. The molecular weight excluding hydrogens is 400 g/mol. The van der Waals surface area contributed by atoms with Gasteiger partial charge < -0.3 is 14.6 Å². The Morgan fingerprint density at radius 3 is 2.67 bits per heavy atom. The van der Waals surface area contributed by atoms with Crippen LogP contribution >= 0.6 is 11.3 Å². The highest BCUT2D eigenvalue weighted by Gasteiger charge is 2.14. The van der Waals surface area contributed by atoms with Gasteiger partial charge in [-0.2, -0.15) is 4.98 Å². The van der Waals surface area contributed by atoms with E-state index in [1.165, 1.54) is 16.9 Å². The van der Waals surface area contributed by atoms with E-state index in [1.807, 2.05) is 54.8 Å². The maximum absolute atomic E-state index is 12.5. The summed E-state index contributed by atoms with van der Waals surface area (Å²) in [6, 6.07) is 15.2. The molecule has 1 amide bonds. The number of thiazole rings is 1. The number of ether oxygens (including phenoxy) is 1. The number of benzene rings is 2. The van der Waals surface area contributed by atoms with Crippen molar-refractivity contribution in [2.24, 2.45) is 0 Å². The van der Waals surface area contributed by atoms with E-state index in [2.05, 4.69) is 20.4 Å². The van der Waals surface area contributed by atoms with Crippen LogP contribution in [0.1, 0.15) is 22.2 Å². The first-order valence-electron chi connectivity index (χ1n) is 9.39. The minimum atomic E-state index is -0.168. The van der Waals surface area contributed by atoms with Crippen LogP contribution in [0.15, 0.2) is 58.4 Å². The zero-order chi connectivity index (χ0) is 20.9. The van der Waals surface area contributed by atoms with Crippen LogP contribution in [0.5, 0.6) is 5.75 Å². The topological polar surface area (TPSA) is 90.1 Å².